The summed E-state index contributed by atoms with van der Waals surface area (Å²) < 4.78 is 5.10. The predicted molar refractivity (Wildman–Crippen MR) is 91.2 cm³/mol. The summed E-state index contributed by atoms with van der Waals surface area (Å²) in [4.78, 5) is 23.2. The van der Waals surface area contributed by atoms with Gasteiger partial charge in [0, 0.05) is 23.5 Å². The number of dihydropyridines is 1. The van der Waals surface area contributed by atoms with E-state index in [9.17, 15) is 20.2 Å². The van der Waals surface area contributed by atoms with E-state index in [1.54, 1.807) is 19.9 Å². The van der Waals surface area contributed by atoms with Crippen molar-refractivity contribution in [2.24, 2.45) is 0 Å². The second-order valence-corrected chi connectivity index (χ2v) is 5.78. The third-order valence-corrected chi connectivity index (χ3v) is 3.98. The van der Waals surface area contributed by atoms with Gasteiger partial charge in [-0.1, -0.05) is 12.1 Å². The fourth-order valence-corrected chi connectivity index (χ4v) is 2.81. The van der Waals surface area contributed by atoms with Crippen LogP contribution >= 0.6 is 0 Å². The number of allylic oxidation sites excluding steroid dienone is 3. The second kappa shape index (κ2) is 7.49. The van der Waals surface area contributed by atoms with Crippen molar-refractivity contribution in [1.82, 2.24) is 5.32 Å². The number of rotatable bonds is 4. The van der Waals surface area contributed by atoms with Crippen molar-refractivity contribution in [1.29, 1.82) is 10.5 Å². The highest BCUT2D eigenvalue weighted by molar-refractivity contribution is 5.93. The van der Waals surface area contributed by atoms with Crippen LogP contribution in [0.25, 0.3) is 0 Å². The van der Waals surface area contributed by atoms with Gasteiger partial charge in [-0.05, 0) is 26.3 Å². The van der Waals surface area contributed by atoms with Crippen LogP contribution in [0.5, 0.6) is 0 Å². The maximum absolute atomic E-state index is 12.6. The van der Waals surface area contributed by atoms with E-state index in [0.717, 1.165) is 0 Å². The van der Waals surface area contributed by atoms with Crippen molar-refractivity contribution in [3.8, 4) is 12.1 Å². The molecule has 26 heavy (non-hydrogen) atoms. The van der Waals surface area contributed by atoms with E-state index in [1.165, 1.54) is 25.1 Å². The third kappa shape index (κ3) is 3.55. The number of non-ortho nitro benzene ring substituents is 1. The standard InChI is InChI=1S/C18H16N4O4/c1-10(8-19)26-18(23)16-12(3)21-11(2)15(9-20)17(16)13-5-4-6-14(7-13)22(24)25/h4-7,10,17,21H,1-3H3. The number of nitro groups is 1. The molecule has 0 amide bonds. The van der Waals surface area contributed by atoms with Gasteiger partial charge < -0.3 is 10.1 Å². The summed E-state index contributed by atoms with van der Waals surface area (Å²) in [6, 6.07) is 9.64. The lowest BCUT2D eigenvalue weighted by Crippen LogP contribution is -2.30. The minimum Gasteiger partial charge on any atom is -0.444 e. The zero-order valence-electron chi connectivity index (χ0n) is 14.4. The Balaban J connectivity index is 2.62. The number of hydrogen-bond acceptors (Lipinski definition) is 7. The summed E-state index contributed by atoms with van der Waals surface area (Å²) >= 11 is 0. The minimum atomic E-state index is -0.967. The molecule has 0 bridgehead atoms. The molecule has 1 aromatic carbocycles. The molecule has 0 saturated heterocycles. The fourth-order valence-electron chi connectivity index (χ4n) is 2.81. The van der Waals surface area contributed by atoms with Crippen molar-refractivity contribution in [3.63, 3.8) is 0 Å². The number of benzene rings is 1. The van der Waals surface area contributed by atoms with E-state index in [1.807, 2.05) is 6.07 Å². The Bertz CT molecular complexity index is 918. The number of carbonyl (C=O) groups excluding carboxylic acids is 1. The molecule has 1 aromatic rings. The molecule has 1 N–H and O–H groups in total. The Kier molecular flexibility index (Phi) is 5.39. The molecular formula is C18H16N4O4. The second-order valence-electron chi connectivity index (χ2n) is 5.78. The molecule has 2 atom stereocenters. The van der Waals surface area contributed by atoms with Gasteiger partial charge in [-0.3, -0.25) is 10.1 Å². The monoisotopic (exact) mass is 352 g/mol. The summed E-state index contributed by atoms with van der Waals surface area (Å²) in [7, 11) is 0. The van der Waals surface area contributed by atoms with Crippen LogP contribution in [0.15, 0.2) is 46.8 Å². The smallest absolute Gasteiger partial charge is 0.338 e. The number of carbonyl (C=O) groups is 1. The van der Waals surface area contributed by atoms with Gasteiger partial charge in [-0.15, -0.1) is 0 Å². The maximum Gasteiger partial charge on any atom is 0.338 e. The highest BCUT2D eigenvalue weighted by Crippen LogP contribution is 2.39. The minimum absolute atomic E-state index is 0.147. The molecule has 8 heteroatoms. The average molecular weight is 352 g/mol. The zero-order chi connectivity index (χ0) is 19.4. The number of esters is 1. The first-order valence-corrected chi connectivity index (χ1v) is 7.73. The topological polar surface area (TPSA) is 129 Å². The Morgan fingerprint density at radius 3 is 2.62 bits per heavy atom. The highest BCUT2D eigenvalue weighted by atomic mass is 16.6. The summed E-state index contributed by atoms with van der Waals surface area (Å²) in [5.74, 6) is -1.57. The molecule has 0 spiro atoms. The molecule has 1 heterocycles. The van der Waals surface area contributed by atoms with E-state index in [2.05, 4.69) is 11.4 Å². The largest absolute Gasteiger partial charge is 0.444 e. The summed E-state index contributed by atoms with van der Waals surface area (Å²) in [5.41, 5.74) is 1.70. The summed E-state index contributed by atoms with van der Waals surface area (Å²) in [6.07, 6.45) is -0.967. The first-order valence-electron chi connectivity index (χ1n) is 7.73. The lowest BCUT2D eigenvalue weighted by atomic mass is 9.81. The lowest BCUT2D eigenvalue weighted by Gasteiger charge is -2.28. The maximum atomic E-state index is 12.6. The van der Waals surface area contributed by atoms with Gasteiger partial charge in [0.1, 0.15) is 6.07 Å². The van der Waals surface area contributed by atoms with Crippen molar-refractivity contribution in [2.45, 2.75) is 32.8 Å². The van der Waals surface area contributed by atoms with Crippen LogP contribution in [0.4, 0.5) is 5.69 Å². The number of hydrogen-bond donors (Lipinski definition) is 1. The third-order valence-electron chi connectivity index (χ3n) is 3.98. The number of nitro benzene ring substituents is 1. The van der Waals surface area contributed by atoms with Crippen LogP contribution in [0.2, 0.25) is 0 Å². The average Bonchev–Trinajstić information content (AvgIpc) is 2.60. The van der Waals surface area contributed by atoms with E-state index < -0.39 is 22.9 Å². The Morgan fingerprint density at radius 2 is 2.04 bits per heavy atom. The Hall–Kier alpha value is -3.65. The van der Waals surface area contributed by atoms with Crippen LogP contribution < -0.4 is 5.32 Å². The van der Waals surface area contributed by atoms with Crippen LogP contribution in [-0.2, 0) is 9.53 Å². The molecule has 0 aromatic heterocycles. The molecule has 0 aliphatic carbocycles. The Morgan fingerprint density at radius 1 is 1.35 bits per heavy atom. The van der Waals surface area contributed by atoms with Crippen molar-refractivity contribution >= 4 is 11.7 Å². The normalized spacial score (nSPS) is 17.7. The van der Waals surface area contributed by atoms with Crippen LogP contribution in [-0.4, -0.2) is 17.0 Å². The molecule has 1 aliphatic rings. The van der Waals surface area contributed by atoms with Crippen LogP contribution in [0.3, 0.4) is 0 Å². The van der Waals surface area contributed by atoms with Gasteiger partial charge in [0.05, 0.1) is 28.1 Å². The molecule has 0 saturated carbocycles. The van der Waals surface area contributed by atoms with Gasteiger partial charge in [-0.25, -0.2) is 4.79 Å². The molecule has 1 aliphatic heterocycles. The Labute approximate surface area is 150 Å². The first-order chi connectivity index (χ1) is 12.3. The number of nitrogens with one attached hydrogen (secondary N) is 1. The van der Waals surface area contributed by atoms with E-state index in [-0.39, 0.29) is 16.8 Å². The molecule has 2 unspecified atom stereocenters. The van der Waals surface area contributed by atoms with Crippen molar-refractivity contribution in [3.05, 3.63) is 62.5 Å². The SMILES string of the molecule is CC1=C(C#N)C(c2cccc([N+](=O)[O-])c2)C(C(=O)OC(C)C#N)=C(C)N1. The predicted octanol–water partition coefficient (Wildman–Crippen LogP) is 2.81. The number of nitriles is 2. The van der Waals surface area contributed by atoms with Gasteiger partial charge >= 0.3 is 5.97 Å². The quantitative estimate of drug-likeness (QED) is 0.501. The molecule has 132 valence electrons. The zero-order valence-corrected chi connectivity index (χ0v) is 14.4. The summed E-state index contributed by atoms with van der Waals surface area (Å²) in [6.45, 7) is 4.76. The van der Waals surface area contributed by atoms with Crippen molar-refractivity contribution < 1.29 is 14.5 Å². The van der Waals surface area contributed by atoms with Gasteiger partial charge in [0.15, 0.2) is 6.10 Å². The van der Waals surface area contributed by atoms with E-state index in [4.69, 9.17) is 10.00 Å². The summed E-state index contributed by atoms with van der Waals surface area (Å²) in [5, 5.41) is 32.5. The van der Waals surface area contributed by atoms with Crippen LogP contribution in [0, 0.1) is 32.8 Å². The van der Waals surface area contributed by atoms with Gasteiger partial charge in [-0.2, -0.15) is 10.5 Å². The van der Waals surface area contributed by atoms with Gasteiger partial charge in [0.25, 0.3) is 5.69 Å². The first kappa shape index (κ1) is 18.7. The highest BCUT2D eigenvalue weighted by Gasteiger charge is 2.35. The molecule has 0 radical (unpaired) electrons. The van der Waals surface area contributed by atoms with Crippen LogP contribution in [0.1, 0.15) is 32.3 Å². The molecule has 8 nitrogen and oxygen atoms in total. The van der Waals surface area contributed by atoms with E-state index in [0.29, 0.717) is 17.0 Å². The molecule has 2 rings (SSSR count). The van der Waals surface area contributed by atoms with Gasteiger partial charge in [0.2, 0.25) is 0 Å². The number of nitrogens with zero attached hydrogens (tertiary/aromatic N) is 3. The molecule has 0 fully saturated rings. The van der Waals surface area contributed by atoms with E-state index >= 15 is 0 Å². The number of ether oxygens (including phenoxy) is 1. The fraction of sp³-hybridized carbons (Fsp3) is 0.278. The lowest BCUT2D eigenvalue weighted by molar-refractivity contribution is -0.384. The van der Waals surface area contributed by atoms with Crippen molar-refractivity contribution in [2.75, 3.05) is 0 Å². The molecular weight excluding hydrogens is 336 g/mol.